The molecule has 275 valence electrons. The summed E-state index contributed by atoms with van der Waals surface area (Å²) in [7, 11) is -1.34. The van der Waals surface area contributed by atoms with Crippen LogP contribution in [0.3, 0.4) is 0 Å². The van der Waals surface area contributed by atoms with E-state index in [-0.39, 0.29) is 20.1 Å². The van der Waals surface area contributed by atoms with Crippen molar-refractivity contribution in [2.75, 3.05) is 0 Å². The van der Waals surface area contributed by atoms with Crippen LogP contribution in [0.1, 0.15) is 30.9 Å². The van der Waals surface area contributed by atoms with Crippen molar-refractivity contribution in [3.05, 3.63) is 163 Å². The molecule has 0 saturated carbocycles. The van der Waals surface area contributed by atoms with Gasteiger partial charge in [-0.15, -0.1) is 47.5 Å². The van der Waals surface area contributed by atoms with Crippen LogP contribution in [0, 0.1) is 19.1 Å². The Morgan fingerprint density at radius 1 is 0.745 bits per heavy atom. The minimum absolute atomic E-state index is 0. The van der Waals surface area contributed by atoms with Gasteiger partial charge in [-0.3, -0.25) is 9.97 Å². The van der Waals surface area contributed by atoms with E-state index in [4.69, 9.17) is 9.40 Å². The zero-order valence-electron chi connectivity index (χ0n) is 31.9. The quantitative estimate of drug-likeness (QED) is 0.123. The molecule has 0 fully saturated rings. The topological polar surface area (TPSA) is 56.7 Å². The Bertz CT molecular complexity index is 2730. The monoisotopic (exact) mass is 911 g/mol. The first-order valence-electron chi connectivity index (χ1n) is 18.5. The average Bonchev–Trinajstić information content (AvgIpc) is 3.76. The molecule has 0 amide bonds. The van der Waals surface area contributed by atoms with E-state index in [1.165, 1.54) is 21.9 Å². The Morgan fingerprint density at radius 3 is 2.20 bits per heavy atom. The molecule has 7 heteroatoms. The number of nitrogens with zero attached hydrogens (tertiary/aromatic N) is 4. The Morgan fingerprint density at radius 2 is 1.47 bits per heavy atom. The van der Waals surface area contributed by atoms with Crippen LogP contribution in [0.15, 0.2) is 144 Å². The van der Waals surface area contributed by atoms with Gasteiger partial charge in [0.15, 0.2) is 0 Å². The second-order valence-electron chi connectivity index (χ2n) is 15.1. The summed E-state index contributed by atoms with van der Waals surface area (Å²) in [5.41, 5.74) is 13.2. The molecule has 4 heterocycles. The van der Waals surface area contributed by atoms with Gasteiger partial charge in [-0.25, -0.2) is 0 Å². The van der Waals surface area contributed by atoms with Crippen LogP contribution in [-0.4, -0.2) is 27.6 Å². The van der Waals surface area contributed by atoms with Crippen molar-refractivity contribution in [2.24, 2.45) is 0 Å². The summed E-state index contributed by atoms with van der Waals surface area (Å²) < 4.78 is 8.51. The van der Waals surface area contributed by atoms with E-state index in [1.54, 1.807) is 6.20 Å². The number of benzene rings is 5. The van der Waals surface area contributed by atoms with Gasteiger partial charge in [0, 0.05) is 43.2 Å². The van der Waals surface area contributed by atoms with E-state index in [0.717, 1.165) is 61.4 Å². The first-order valence-corrected chi connectivity index (χ1v) is 22.0. The average molecular weight is 911 g/mol. The van der Waals surface area contributed by atoms with E-state index in [2.05, 4.69) is 152 Å². The number of aryl methyl sites for hydroxylation is 1. The van der Waals surface area contributed by atoms with Crippen molar-refractivity contribution >= 4 is 46.4 Å². The van der Waals surface area contributed by atoms with Gasteiger partial charge >= 0.3 is 0 Å². The number of rotatable bonds is 6. The molecule has 1 radical (unpaired) electrons. The standard InChI is InChI=1S/C31H20N3O.C17H22NSi.Ir/c1-20-11-16-24-28(19-20)35-30-25(17-18-32-29(24)30)31-33-26-9-5-6-10-27(26)34(31)23-14-12-22(13-15-23)21-7-3-2-4-8-21;1-13(2)15-11-16(14-9-7-6-8-10-14)18-12-17(15)19(3,4)5;/h2-16,18-19H,1H3;6-9,11-13H,1-5H3;/q2*-1;. The summed E-state index contributed by atoms with van der Waals surface area (Å²) in [5, 5.41) is 2.47. The summed E-state index contributed by atoms with van der Waals surface area (Å²) in [4.78, 5) is 14.3. The van der Waals surface area contributed by atoms with Crippen molar-refractivity contribution in [3.8, 4) is 39.5 Å². The van der Waals surface area contributed by atoms with Crippen molar-refractivity contribution in [3.63, 3.8) is 0 Å². The molecule has 5 aromatic carbocycles. The largest absolute Gasteiger partial charge is 0.513 e. The van der Waals surface area contributed by atoms with Gasteiger partial charge in [-0.05, 0) is 83.0 Å². The minimum atomic E-state index is -1.34. The second-order valence-corrected chi connectivity index (χ2v) is 20.1. The third kappa shape index (κ3) is 7.61. The fraction of sp³-hybridized carbons (Fsp3) is 0.146. The molecule has 0 unspecified atom stereocenters. The first kappa shape index (κ1) is 37.8. The maximum Gasteiger partial charge on any atom is 0.119 e. The Balaban J connectivity index is 0.000000199. The van der Waals surface area contributed by atoms with Crippen molar-refractivity contribution in [2.45, 2.75) is 46.3 Å². The Hall–Kier alpha value is -5.46. The Labute approximate surface area is 337 Å². The van der Waals surface area contributed by atoms with Gasteiger partial charge in [-0.1, -0.05) is 106 Å². The molecule has 0 saturated heterocycles. The molecule has 0 bridgehead atoms. The number of hydrogen-bond acceptors (Lipinski definition) is 4. The molecule has 9 aromatic rings. The van der Waals surface area contributed by atoms with E-state index in [0.29, 0.717) is 11.5 Å². The number of para-hydroxylation sites is 2. The maximum atomic E-state index is 6.34. The van der Waals surface area contributed by atoms with E-state index in [1.807, 2.05) is 48.5 Å². The molecular weight excluding hydrogens is 869 g/mol. The van der Waals surface area contributed by atoms with E-state index < -0.39 is 8.07 Å². The first-order chi connectivity index (χ1) is 26.2. The van der Waals surface area contributed by atoms with Gasteiger partial charge in [0.25, 0.3) is 0 Å². The number of pyridine rings is 2. The Kier molecular flexibility index (Phi) is 10.8. The summed E-state index contributed by atoms with van der Waals surface area (Å²) >= 11 is 0. The third-order valence-corrected chi connectivity index (χ3v) is 11.9. The molecule has 0 atom stereocenters. The van der Waals surface area contributed by atoms with Crippen LogP contribution < -0.4 is 5.19 Å². The van der Waals surface area contributed by atoms with Gasteiger partial charge in [-0.2, -0.15) is 0 Å². The number of furan rings is 1. The molecule has 4 aromatic heterocycles. The minimum Gasteiger partial charge on any atom is -0.513 e. The number of fused-ring (bicyclic) bond motifs is 4. The molecule has 0 N–H and O–H groups in total. The summed E-state index contributed by atoms with van der Waals surface area (Å²) in [6, 6.07) is 50.2. The zero-order valence-corrected chi connectivity index (χ0v) is 35.3. The van der Waals surface area contributed by atoms with Gasteiger partial charge in [0.2, 0.25) is 0 Å². The van der Waals surface area contributed by atoms with Crippen molar-refractivity contribution in [1.82, 2.24) is 19.5 Å². The van der Waals surface area contributed by atoms with Crippen molar-refractivity contribution < 1.29 is 24.5 Å². The van der Waals surface area contributed by atoms with Gasteiger partial charge in [0.05, 0.1) is 30.2 Å². The van der Waals surface area contributed by atoms with E-state index >= 15 is 0 Å². The summed E-state index contributed by atoms with van der Waals surface area (Å²) in [6.45, 7) is 13.7. The number of hydrogen-bond donors (Lipinski definition) is 0. The predicted molar refractivity (Wildman–Crippen MR) is 226 cm³/mol. The fourth-order valence-corrected chi connectivity index (χ4v) is 8.72. The molecule has 0 aliphatic carbocycles. The zero-order chi connectivity index (χ0) is 37.4. The molecule has 0 aliphatic rings. The van der Waals surface area contributed by atoms with Gasteiger partial charge < -0.3 is 14.0 Å². The van der Waals surface area contributed by atoms with Crippen LogP contribution in [-0.2, 0) is 20.1 Å². The summed E-state index contributed by atoms with van der Waals surface area (Å²) in [5.74, 6) is 1.31. The van der Waals surface area contributed by atoms with Crippen LogP contribution in [0.5, 0.6) is 0 Å². The number of aromatic nitrogens is 4. The van der Waals surface area contributed by atoms with Gasteiger partial charge in [0.1, 0.15) is 5.58 Å². The van der Waals surface area contributed by atoms with Crippen LogP contribution in [0.2, 0.25) is 19.6 Å². The molecular formula is C48H42IrN4OSi-2. The van der Waals surface area contributed by atoms with Crippen LogP contribution in [0.4, 0.5) is 0 Å². The SMILES string of the molecule is CC(C)c1cc(-c2[c-]cccc2)ncc1[Si](C)(C)C.Cc1ccc2c(c1)oc1c(-c3nc4ccccc4n3-c3ccc(-c4ccccc4)cc3)[c-]cnc12.[Ir]. The van der Waals surface area contributed by atoms with E-state index in [9.17, 15) is 0 Å². The molecule has 9 rings (SSSR count). The molecule has 55 heavy (non-hydrogen) atoms. The molecule has 0 aliphatic heterocycles. The normalized spacial score (nSPS) is 11.5. The third-order valence-electron chi connectivity index (χ3n) is 9.82. The van der Waals surface area contributed by atoms with Crippen LogP contribution in [0.25, 0.3) is 72.6 Å². The smallest absolute Gasteiger partial charge is 0.119 e. The van der Waals surface area contributed by atoms with Crippen LogP contribution >= 0.6 is 0 Å². The molecule has 0 spiro atoms. The maximum absolute atomic E-state index is 6.34. The molecule has 5 nitrogen and oxygen atoms in total. The van der Waals surface area contributed by atoms with Crippen molar-refractivity contribution in [1.29, 1.82) is 0 Å². The number of imidazole rings is 1. The summed E-state index contributed by atoms with van der Waals surface area (Å²) in [6.07, 6.45) is 3.81. The fourth-order valence-electron chi connectivity index (χ4n) is 7.04. The predicted octanol–water partition coefficient (Wildman–Crippen LogP) is 12.0. The second kappa shape index (κ2) is 15.7.